The normalized spacial score (nSPS) is 19.5. The highest BCUT2D eigenvalue weighted by Crippen LogP contribution is 2.30. The van der Waals surface area contributed by atoms with Gasteiger partial charge in [0.2, 0.25) is 0 Å². The number of unbranched alkanes of at least 4 members (excludes halogenated alkanes) is 3. The molecular weight excluding hydrogens is 352 g/mol. The van der Waals surface area contributed by atoms with Crippen LogP contribution < -0.4 is 0 Å². The van der Waals surface area contributed by atoms with Crippen molar-refractivity contribution in [3.8, 4) is 0 Å². The van der Waals surface area contributed by atoms with Gasteiger partial charge < -0.3 is 17.5 Å². The predicted molar refractivity (Wildman–Crippen MR) is 110 cm³/mol. The van der Waals surface area contributed by atoms with Gasteiger partial charge in [0.25, 0.3) is 0 Å². The molecule has 0 aliphatic rings. The fourth-order valence-electron chi connectivity index (χ4n) is 3.05. The summed E-state index contributed by atoms with van der Waals surface area (Å²) < 4.78 is 19.2. The van der Waals surface area contributed by atoms with E-state index < -0.39 is 25.7 Å². The first-order valence-corrected chi connectivity index (χ1v) is 17.5. The molecule has 0 saturated heterocycles. The van der Waals surface area contributed by atoms with Crippen LogP contribution in [0.25, 0.3) is 0 Å². The Kier molecular flexibility index (Phi) is 12.2. The summed E-state index contributed by atoms with van der Waals surface area (Å²) >= 11 is 0. The first-order valence-electron chi connectivity index (χ1n) is 9.92. The van der Waals surface area contributed by atoms with Crippen LogP contribution in [0.4, 0.5) is 0 Å². The van der Waals surface area contributed by atoms with Crippen molar-refractivity contribution < 1.29 is 17.5 Å². The van der Waals surface area contributed by atoms with E-state index in [0.717, 1.165) is 56.7 Å². The van der Waals surface area contributed by atoms with Gasteiger partial charge in [0, 0.05) is 6.61 Å². The molecule has 0 radical (unpaired) electrons. The molecule has 3 atom stereocenters. The van der Waals surface area contributed by atoms with Gasteiger partial charge in [-0.15, -0.1) is 0 Å². The third-order valence-corrected chi connectivity index (χ3v) is 15.9. The summed E-state index contributed by atoms with van der Waals surface area (Å²) in [5.74, 6) is 0. The van der Waals surface area contributed by atoms with E-state index in [1.807, 2.05) is 13.5 Å². The second-order valence-corrected chi connectivity index (χ2v) is 17.7. The van der Waals surface area contributed by atoms with Gasteiger partial charge in [0.1, 0.15) is 0 Å². The largest absolute Gasteiger partial charge is 0.415 e. The molecule has 4 nitrogen and oxygen atoms in total. The quantitative estimate of drug-likeness (QED) is 0.364. The first-order chi connectivity index (χ1) is 11.2. The molecule has 0 fully saturated rings. The SMILES string of the molecule is CCCC[Si](C)(O)O[Si](C)(CCCC)O[Si](C)(CCCC)OCC. The second kappa shape index (κ2) is 12.0. The van der Waals surface area contributed by atoms with Crippen LogP contribution in [-0.4, -0.2) is 37.1 Å². The molecule has 7 heteroatoms. The lowest BCUT2D eigenvalue weighted by Gasteiger charge is -2.40. The molecule has 0 aliphatic heterocycles. The van der Waals surface area contributed by atoms with Crippen LogP contribution in [0.15, 0.2) is 0 Å². The number of rotatable bonds is 15. The summed E-state index contributed by atoms with van der Waals surface area (Å²) in [5, 5.41) is 0. The Morgan fingerprint density at radius 2 is 1.12 bits per heavy atom. The minimum absolute atomic E-state index is 0.689. The van der Waals surface area contributed by atoms with E-state index >= 15 is 0 Å². The van der Waals surface area contributed by atoms with Crippen molar-refractivity contribution in [3.63, 3.8) is 0 Å². The number of hydrogen-bond donors (Lipinski definition) is 1. The van der Waals surface area contributed by atoms with Crippen molar-refractivity contribution >= 4 is 25.7 Å². The molecule has 0 rings (SSSR count). The Labute approximate surface area is 154 Å². The molecule has 0 saturated carbocycles. The summed E-state index contributed by atoms with van der Waals surface area (Å²) in [6.07, 6.45) is 6.60. The van der Waals surface area contributed by atoms with Gasteiger partial charge in [-0.05, 0) is 44.7 Å². The Morgan fingerprint density at radius 3 is 1.58 bits per heavy atom. The lowest BCUT2D eigenvalue weighted by atomic mass is 10.4. The lowest BCUT2D eigenvalue weighted by molar-refractivity contribution is 0.222. The lowest BCUT2D eigenvalue weighted by Crippen LogP contribution is -2.57. The fraction of sp³-hybridized carbons (Fsp3) is 1.00. The third-order valence-electron chi connectivity index (χ3n) is 4.28. The molecule has 1 N–H and O–H groups in total. The zero-order chi connectivity index (χ0) is 18.7. The van der Waals surface area contributed by atoms with Crippen molar-refractivity contribution in [2.24, 2.45) is 0 Å². The highest BCUT2D eigenvalue weighted by Gasteiger charge is 2.46. The van der Waals surface area contributed by atoms with Gasteiger partial charge in [0.15, 0.2) is 0 Å². The van der Waals surface area contributed by atoms with E-state index in [0.29, 0.717) is 6.61 Å². The Morgan fingerprint density at radius 1 is 0.667 bits per heavy atom. The molecule has 0 aliphatic carbocycles. The maximum absolute atomic E-state index is 10.8. The average molecular weight is 395 g/mol. The average Bonchev–Trinajstić information content (AvgIpc) is 2.48. The van der Waals surface area contributed by atoms with Crippen LogP contribution >= 0.6 is 0 Å². The molecule has 0 aromatic carbocycles. The Hall–Kier alpha value is 0.491. The van der Waals surface area contributed by atoms with Gasteiger partial charge in [0.05, 0.1) is 0 Å². The predicted octanol–water partition coefficient (Wildman–Crippen LogP) is 5.66. The van der Waals surface area contributed by atoms with E-state index in [1.54, 1.807) is 0 Å². The topological polar surface area (TPSA) is 47.9 Å². The summed E-state index contributed by atoms with van der Waals surface area (Å²) in [6, 6.07) is 2.75. The molecule has 0 heterocycles. The van der Waals surface area contributed by atoms with Crippen molar-refractivity contribution in [3.05, 3.63) is 0 Å². The summed E-state index contributed by atoms with van der Waals surface area (Å²) in [5.41, 5.74) is 0. The van der Waals surface area contributed by atoms with Crippen LogP contribution in [0.5, 0.6) is 0 Å². The summed E-state index contributed by atoms with van der Waals surface area (Å²) in [7, 11) is -7.33. The van der Waals surface area contributed by atoms with Crippen molar-refractivity contribution in [2.75, 3.05) is 6.61 Å². The molecule has 24 heavy (non-hydrogen) atoms. The Balaban J connectivity index is 5.16. The van der Waals surface area contributed by atoms with E-state index in [9.17, 15) is 4.80 Å². The van der Waals surface area contributed by atoms with Crippen molar-refractivity contribution in [2.45, 2.75) is 104 Å². The molecule has 146 valence electrons. The molecule has 0 aromatic rings. The van der Waals surface area contributed by atoms with Crippen LogP contribution in [0.3, 0.4) is 0 Å². The number of hydrogen-bond acceptors (Lipinski definition) is 4. The van der Waals surface area contributed by atoms with Gasteiger partial charge in [-0.1, -0.05) is 59.3 Å². The third kappa shape index (κ3) is 10.5. The standard InChI is InChI=1S/C17H42O4Si3/c1-8-12-15-22(5,18)20-24(7,17-14-10-3)21-23(6,19-11-4)16-13-9-2/h18H,8-17H2,1-7H3. The first kappa shape index (κ1) is 24.5. The monoisotopic (exact) mass is 394 g/mol. The molecule has 0 aromatic heterocycles. The minimum Gasteiger partial charge on any atom is -0.415 e. The van der Waals surface area contributed by atoms with Crippen molar-refractivity contribution in [1.29, 1.82) is 0 Å². The summed E-state index contributed by atoms with van der Waals surface area (Å²) in [6.45, 7) is 15.5. The van der Waals surface area contributed by atoms with Crippen LogP contribution in [0, 0.1) is 0 Å². The van der Waals surface area contributed by atoms with Gasteiger partial charge in [-0.3, -0.25) is 0 Å². The van der Waals surface area contributed by atoms with E-state index in [2.05, 4.69) is 33.9 Å². The van der Waals surface area contributed by atoms with Crippen LogP contribution in [0.2, 0.25) is 37.8 Å². The molecule has 3 unspecified atom stereocenters. The van der Waals surface area contributed by atoms with Crippen LogP contribution in [0.1, 0.15) is 66.2 Å². The van der Waals surface area contributed by atoms with Crippen molar-refractivity contribution in [1.82, 2.24) is 0 Å². The van der Waals surface area contributed by atoms with E-state index in [-0.39, 0.29) is 0 Å². The smallest absolute Gasteiger partial charge is 0.326 e. The zero-order valence-corrected chi connectivity index (χ0v) is 20.2. The maximum Gasteiger partial charge on any atom is 0.326 e. The molecule has 0 bridgehead atoms. The zero-order valence-electron chi connectivity index (χ0n) is 17.2. The highest BCUT2D eigenvalue weighted by molar-refractivity contribution is 6.85. The van der Waals surface area contributed by atoms with Crippen LogP contribution in [-0.2, 0) is 12.7 Å². The fourth-order valence-corrected chi connectivity index (χ4v) is 16.6. The van der Waals surface area contributed by atoms with Gasteiger partial charge in [-0.25, -0.2) is 0 Å². The van der Waals surface area contributed by atoms with E-state index in [4.69, 9.17) is 12.7 Å². The highest BCUT2D eigenvalue weighted by atomic mass is 28.5. The summed E-state index contributed by atoms with van der Waals surface area (Å²) in [4.78, 5) is 10.8. The van der Waals surface area contributed by atoms with Gasteiger partial charge in [-0.2, -0.15) is 0 Å². The van der Waals surface area contributed by atoms with E-state index in [1.165, 1.54) is 0 Å². The van der Waals surface area contributed by atoms with Gasteiger partial charge >= 0.3 is 25.7 Å². The Bertz CT molecular complexity index is 331. The molecular formula is C17H42O4Si3. The molecule has 0 amide bonds. The maximum atomic E-state index is 10.8. The molecule has 0 spiro atoms. The second-order valence-electron chi connectivity index (χ2n) is 7.39. The minimum atomic E-state index is -2.66.